The van der Waals surface area contributed by atoms with E-state index in [4.69, 9.17) is 9.47 Å². The quantitative estimate of drug-likeness (QED) is 0.179. The third-order valence-electron chi connectivity index (χ3n) is 10.7. The van der Waals surface area contributed by atoms with Crippen LogP contribution in [0.15, 0.2) is 41.3 Å². The number of carbonyl (C=O) groups is 4. The lowest BCUT2D eigenvalue weighted by atomic mass is 9.64. The number of allylic oxidation sites excluding steroid dienone is 4. The molecular formula is C40H42N4O8. The zero-order chi connectivity index (χ0) is 37.6. The van der Waals surface area contributed by atoms with Gasteiger partial charge in [-0.3, -0.25) is 14.4 Å². The molecule has 8 bridgehead atoms. The number of hydrogen-bond acceptors (Lipinski definition) is 7. The number of fused-ring (bicyclic) bond motifs is 11. The second-order valence-corrected chi connectivity index (χ2v) is 13.5. The number of carbonyl (C=O) groups excluding carboxylic acids is 2. The molecule has 1 fully saturated rings. The van der Waals surface area contributed by atoms with Crippen molar-refractivity contribution in [3.63, 3.8) is 0 Å². The monoisotopic (exact) mass is 706 g/mol. The molecule has 3 aliphatic rings. The Kier molecular flexibility index (Phi) is 9.35. The summed E-state index contributed by atoms with van der Waals surface area (Å²) < 4.78 is 10.4. The average molecular weight is 707 g/mol. The molecule has 2 aliphatic heterocycles. The molecule has 6 N–H and O–H groups in total. The van der Waals surface area contributed by atoms with E-state index in [0.717, 1.165) is 55.7 Å². The Labute approximate surface area is 300 Å². The molecule has 6 rings (SSSR count). The van der Waals surface area contributed by atoms with Crippen molar-refractivity contribution in [1.29, 1.82) is 0 Å². The molecule has 1 aliphatic carbocycles. The highest BCUT2D eigenvalue weighted by atomic mass is 16.5. The van der Waals surface area contributed by atoms with Gasteiger partial charge in [0.1, 0.15) is 5.92 Å². The highest BCUT2D eigenvalue weighted by Crippen LogP contribution is 2.55. The molecular weight excluding hydrogens is 664 g/mol. The predicted molar refractivity (Wildman–Crippen MR) is 196 cm³/mol. The fourth-order valence-corrected chi connectivity index (χ4v) is 7.76. The van der Waals surface area contributed by atoms with Crippen LogP contribution in [0.5, 0.6) is 0 Å². The summed E-state index contributed by atoms with van der Waals surface area (Å²) in [5, 5.41) is 24.3. The maximum Gasteiger partial charge on any atom is 0.334 e. The molecule has 12 nitrogen and oxygen atoms in total. The average Bonchev–Trinajstić information content (AvgIpc) is 3.76. The Hall–Kier alpha value is -6.04. The first-order chi connectivity index (χ1) is 24.7. The van der Waals surface area contributed by atoms with Gasteiger partial charge < -0.3 is 40.0 Å². The van der Waals surface area contributed by atoms with Crippen LogP contribution >= 0.6 is 0 Å². The van der Waals surface area contributed by atoms with Gasteiger partial charge in [0.25, 0.3) is 0 Å². The zero-order valence-corrected chi connectivity index (χ0v) is 30.0. The summed E-state index contributed by atoms with van der Waals surface area (Å²) in [6.07, 6.45) is 13.2. The normalized spacial score (nSPS) is 18.7. The fourth-order valence-electron chi connectivity index (χ4n) is 7.76. The molecule has 2 atom stereocenters. The van der Waals surface area contributed by atoms with E-state index in [1.54, 1.807) is 12.2 Å². The van der Waals surface area contributed by atoms with Gasteiger partial charge in [0.15, 0.2) is 0 Å². The third kappa shape index (κ3) is 5.93. The molecule has 0 radical (unpaired) electrons. The maximum atomic E-state index is 13.7. The molecule has 52 heavy (non-hydrogen) atoms. The second kappa shape index (κ2) is 13.6. The van der Waals surface area contributed by atoms with Crippen molar-refractivity contribution in [2.75, 3.05) is 14.2 Å². The third-order valence-corrected chi connectivity index (χ3v) is 10.7. The summed E-state index contributed by atoms with van der Waals surface area (Å²) in [5.41, 5.74) is 9.05. The molecule has 3 aromatic heterocycles. The summed E-state index contributed by atoms with van der Waals surface area (Å²) in [6.45, 7) is 11.8. The van der Waals surface area contributed by atoms with Gasteiger partial charge in [-0.25, -0.2) is 4.79 Å². The second-order valence-electron chi connectivity index (χ2n) is 13.5. The highest BCUT2D eigenvalue weighted by Gasteiger charge is 2.55. The summed E-state index contributed by atoms with van der Waals surface area (Å²) in [6, 6.07) is 0. The Balaban J connectivity index is 1.73. The number of nitrogens with one attached hydrogen (secondary N) is 4. The number of esters is 2. The number of hydrogen-bond donors (Lipinski definition) is 6. The lowest BCUT2D eigenvalue weighted by molar-refractivity contribution is -0.150. The van der Waals surface area contributed by atoms with E-state index in [9.17, 15) is 29.4 Å². The van der Waals surface area contributed by atoms with E-state index >= 15 is 0 Å². The van der Waals surface area contributed by atoms with Crippen molar-refractivity contribution < 1.29 is 38.9 Å². The van der Waals surface area contributed by atoms with Gasteiger partial charge >= 0.3 is 23.9 Å². The van der Waals surface area contributed by atoms with Gasteiger partial charge in [0.05, 0.1) is 25.2 Å². The number of methoxy groups -OCH3 is 2. The minimum absolute atomic E-state index is 0.0767. The number of carboxylic acids is 2. The van der Waals surface area contributed by atoms with E-state index < -0.39 is 35.2 Å². The number of H-pyrrole nitrogens is 3. The van der Waals surface area contributed by atoms with Crippen LogP contribution in [0.25, 0.3) is 30.4 Å². The Morgan fingerprint density at radius 2 is 1.42 bits per heavy atom. The van der Waals surface area contributed by atoms with Crippen LogP contribution in [0.2, 0.25) is 0 Å². The Morgan fingerprint density at radius 1 is 0.788 bits per heavy atom. The molecule has 1 unspecified atom stereocenters. The van der Waals surface area contributed by atoms with Crippen LogP contribution in [-0.2, 0) is 41.5 Å². The molecule has 0 spiro atoms. The van der Waals surface area contributed by atoms with E-state index in [-0.39, 0.29) is 31.3 Å². The number of ether oxygens (including phenoxy) is 2. The van der Waals surface area contributed by atoms with Crippen molar-refractivity contribution in [2.45, 2.75) is 53.4 Å². The van der Waals surface area contributed by atoms with Crippen LogP contribution in [0.3, 0.4) is 0 Å². The first-order valence-corrected chi connectivity index (χ1v) is 16.9. The summed E-state index contributed by atoms with van der Waals surface area (Å²) in [7, 11) is 2.55. The number of aromatic amines is 3. The minimum atomic E-state index is -1.13. The van der Waals surface area contributed by atoms with E-state index in [1.807, 2.05) is 58.1 Å². The fraction of sp³-hybridized carbons (Fsp3) is 0.300. The van der Waals surface area contributed by atoms with Crippen molar-refractivity contribution >= 4 is 54.3 Å². The first kappa shape index (κ1) is 35.8. The molecule has 12 heteroatoms. The zero-order valence-electron chi connectivity index (χ0n) is 30.0. The largest absolute Gasteiger partial charge is 0.481 e. The lowest BCUT2D eigenvalue weighted by Crippen LogP contribution is -2.40. The number of rotatable bonds is 9. The van der Waals surface area contributed by atoms with Crippen LogP contribution in [-0.4, -0.2) is 63.3 Å². The Morgan fingerprint density at radius 3 is 2.06 bits per heavy atom. The number of carboxylic acid groups (broad SMARTS) is 2. The Bertz CT molecular complexity index is 2320. The molecule has 5 heterocycles. The first-order valence-electron chi connectivity index (χ1n) is 16.9. The SMILES string of the molecule is C=Cc1c2[nH]c(c1C)C=C1NC(=Cc3[nH]c(c(CCC(=O)O)c3C)C=c3[nH]c(c(C)c3CCC(=O)O)=C2)[C@@]2(C)C1=CC=C(C(=O)OC)C2C(=O)OC. The van der Waals surface area contributed by atoms with Crippen LogP contribution in [0.1, 0.15) is 75.9 Å². The van der Waals surface area contributed by atoms with Crippen molar-refractivity contribution in [3.8, 4) is 0 Å². The standard InChI is InChI=1S/C40H42N4O8/c1-8-22-19(2)28-16-33-26-12-9-25(38(49)51-6)37(39(50)52-7)40(26,5)34(44-33)18-29-21(4)24(11-14-36(47)48)32(43-29)17-31-23(10-13-35(45)46)20(3)27(42-31)15-30(22)41-28/h8-9,12,15-18,37,41-44H,1,10-11,13-14H2,2-7H3,(H,45,46)(H,47,48)/t37?,40-/m1/s1. The van der Waals surface area contributed by atoms with Crippen molar-refractivity contribution in [2.24, 2.45) is 11.3 Å². The topological polar surface area (TPSA) is 187 Å². The maximum absolute atomic E-state index is 13.7. The van der Waals surface area contributed by atoms with Crippen LogP contribution in [0, 0.1) is 32.1 Å². The van der Waals surface area contributed by atoms with Crippen LogP contribution < -0.4 is 16.0 Å². The van der Waals surface area contributed by atoms with E-state index in [2.05, 4.69) is 26.8 Å². The van der Waals surface area contributed by atoms with Gasteiger partial charge in [-0.05, 0) is 98.2 Å². The van der Waals surface area contributed by atoms with Crippen LogP contribution in [0.4, 0.5) is 0 Å². The van der Waals surface area contributed by atoms with Gasteiger partial charge in [-0.2, -0.15) is 0 Å². The van der Waals surface area contributed by atoms with E-state index in [1.165, 1.54) is 14.2 Å². The summed E-state index contributed by atoms with van der Waals surface area (Å²) in [4.78, 5) is 60.8. The predicted octanol–water partition coefficient (Wildman–Crippen LogP) is 4.06. The van der Waals surface area contributed by atoms with Crippen molar-refractivity contribution in [1.82, 2.24) is 20.3 Å². The molecule has 0 saturated carbocycles. The number of aromatic nitrogens is 3. The number of aliphatic carboxylic acids is 2. The molecule has 270 valence electrons. The van der Waals surface area contributed by atoms with Gasteiger partial charge in [-0.15, -0.1) is 0 Å². The van der Waals surface area contributed by atoms with Crippen molar-refractivity contribution in [3.05, 3.63) is 108 Å². The summed E-state index contributed by atoms with van der Waals surface area (Å²) >= 11 is 0. The molecule has 1 saturated heterocycles. The molecule has 0 aromatic carbocycles. The van der Waals surface area contributed by atoms with Gasteiger partial charge in [0, 0.05) is 63.3 Å². The van der Waals surface area contributed by atoms with Gasteiger partial charge in [0.2, 0.25) is 0 Å². The lowest BCUT2D eigenvalue weighted by Gasteiger charge is -2.36. The minimum Gasteiger partial charge on any atom is -0.481 e. The van der Waals surface area contributed by atoms with E-state index in [0.29, 0.717) is 28.1 Å². The molecule has 3 aromatic rings. The van der Waals surface area contributed by atoms with Gasteiger partial charge in [-0.1, -0.05) is 24.8 Å². The summed E-state index contributed by atoms with van der Waals surface area (Å²) in [5.74, 6) is -4.20. The smallest absolute Gasteiger partial charge is 0.334 e. The highest BCUT2D eigenvalue weighted by molar-refractivity contribution is 5.98. The molecule has 0 amide bonds.